The maximum atomic E-state index is 13.6. The summed E-state index contributed by atoms with van der Waals surface area (Å²) in [6, 6.07) is 10.8. The molecular weight excluding hydrogens is 335 g/mol. The Morgan fingerprint density at radius 3 is 2.40 bits per heavy atom. The first kappa shape index (κ1) is 14.7. The van der Waals surface area contributed by atoms with Crippen LogP contribution in [0.4, 0.5) is 18.9 Å². The van der Waals surface area contributed by atoms with E-state index >= 15 is 0 Å². The molecule has 0 saturated heterocycles. The molecule has 0 aliphatic heterocycles. The first-order chi connectivity index (χ1) is 9.54. The zero-order chi connectivity index (χ0) is 14.5. The third-order valence-corrected chi connectivity index (χ3v) is 3.07. The number of benzene rings is 2. The third-order valence-electron chi connectivity index (χ3n) is 2.58. The van der Waals surface area contributed by atoms with Gasteiger partial charge in [0.2, 0.25) is 0 Å². The van der Waals surface area contributed by atoms with Crippen molar-refractivity contribution in [2.75, 3.05) is 5.32 Å². The van der Waals surface area contributed by atoms with Crippen LogP contribution in [0.5, 0.6) is 5.75 Å². The summed E-state index contributed by atoms with van der Waals surface area (Å²) < 4.78 is 42.5. The minimum absolute atomic E-state index is 0.0837. The molecule has 0 aliphatic rings. The van der Waals surface area contributed by atoms with Gasteiger partial charge in [-0.05, 0) is 36.4 Å². The Hall–Kier alpha value is -1.69. The molecule has 0 heterocycles. The maximum absolute atomic E-state index is 13.6. The lowest BCUT2D eigenvalue weighted by molar-refractivity contribution is -0.0498. The van der Waals surface area contributed by atoms with Gasteiger partial charge in [0.15, 0.2) is 0 Å². The van der Waals surface area contributed by atoms with Crippen LogP contribution in [-0.4, -0.2) is 6.61 Å². The van der Waals surface area contributed by atoms with Crippen molar-refractivity contribution in [3.8, 4) is 5.75 Å². The molecule has 0 amide bonds. The fourth-order valence-corrected chi connectivity index (χ4v) is 1.95. The van der Waals surface area contributed by atoms with Crippen LogP contribution in [-0.2, 0) is 6.54 Å². The molecule has 20 heavy (non-hydrogen) atoms. The molecule has 0 aliphatic carbocycles. The van der Waals surface area contributed by atoms with E-state index in [0.29, 0.717) is 22.3 Å². The standard InChI is InChI=1S/C14H11BrF3NO/c15-10-2-1-9(13(16)7-10)8-19-11-3-5-12(6-4-11)20-14(17)18/h1-7,14,19H,8H2. The van der Waals surface area contributed by atoms with Crippen LogP contribution in [0.2, 0.25) is 0 Å². The van der Waals surface area contributed by atoms with Crippen molar-refractivity contribution >= 4 is 21.6 Å². The summed E-state index contributed by atoms with van der Waals surface area (Å²) in [7, 11) is 0. The summed E-state index contributed by atoms with van der Waals surface area (Å²) in [5, 5.41) is 3.00. The van der Waals surface area contributed by atoms with Crippen molar-refractivity contribution in [3.05, 3.63) is 58.3 Å². The lowest BCUT2D eigenvalue weighted by atomic mass is 10.2. The lowest BCUT2D eigenvalue weighted by Gasteiger charge is -2.09. The molecule has 0 spiro atoms. The molecule has 0 aromatic heterocycles. The van der Waals surface area contributed by atoms with E-state index in [2.05, 4.69) is 26.0 Å². The third kappa shape index (κ3) is 4.16. The summed E-state index contributed by atoms with van der Waals surface area (Å²) in [5.41, 5.74) is 1.20. The zero-order valence-corrected chi connectivity index (χ0v) is 11.8. The van der Waals surface area contributed by atoms with Crippen LogP contribution in [0, 0.1) is 5.82 Å². The van der Waals surface area contributed by atoms with E-state index in [1.807, 2.05) is 0 Å². The molecule has 2 rings (SSSR count). The van der Waals surface area contributed by atoms with E-state index in [-0.39, 0.29) is 11.6 Å². The van der Waals surface area contributed by atoms with Crippen LogP contribution in [0.15, 0.2) is 46.9 Å². The van der Waals surface area contributed by atoms with Crippen LogP contribution in [0.3, 0.4) is 0 Å². The molecule has 1 N–H and O–H groups in total. The molecule has 2 aromatic rings. The first-order valence-corrected chi connectivity index (χ1v) is 6.56. The lowest BCUT2D eigenvalue weighted by Crippen LogP contribution is -2.03. The molecule has 106 valence electrons. The molecule has 2 nitrogen and oxygen atoms in total. The fraction of sp³-hybridized carbons (Fsp3) is 0.143. The first-order valence-electron chi connectivity index (χ1n) is 5.77. The molecule has 0 atom stereocenters. The summed E-state index contributed by atoms with van der Waals surface area (Å²) in [6.45, 7) is -2.54. The number of hydrogen-bond donors (Lipinski definition) is 1. The topological polar surface area (TPSA) is 21.3 Å². The second-order valence-corrected chi connectivity index (χ2v) is 4.91. The van der Waals surface area contributed by atoms with Crippen LogP contribution in [0.25, 0.3) is 0 Å². The van der Waals surface area contributed by atoms with Gasteiger partial charge in [0.1, 0.15) is 11.6 Å². The summed E-state index contributed by atoms with van der Waals surface area (Å²) >= 11 is 3.18. The number of ether oxygens (including phenoxy) is 1. The average Bonchev–Trinajstić information content (AvgIpc) is 2.39. The van der Waals surface area contributed by atoms with E-state index in [0.717, 1.165) is 0 Å². The molecule has 0 unspecified atom stereocenters. The van der Waals surface area contributed by atoms with Gasteiger partial charge in [-0.2, -0.15) is 8.78 Å². The summed E-state index contributed by atoms with van der Waals surface area (Å²) in [5.74, 6) is -0.232. The largest absolute Gasteiger partial charge is 0.435 e. The highest BCUT2D eigenvalue weighted by atomic mass is 79.9. The van der Waals surface area contributed by atoms with E-state index in [1.165, 1.54) is 18.2 Å². The van der Waals surface area contributed by atoms with E-state index in [1.54, 1.807) is 24.3 Å². The summed E-state index contributed by atoms with van der Waals surface area (Å²) in [4.78, 5) is 0. The second-order valence-electron chi connectivity index (χ2n) is 3.99. The Kier molecular flexibility index (Phi) is 4.89. The van der Waals surface area contributed by atoms with Gasteiger partial charge in [-0.15, -0.1) is 0 Å². The highest BCUT2D eigenvalue weighted by Crippen LogP contribution is 2.20. The SMILES string of the molecule is Fc1cc(Br)ccc1CNc1ccc(OC(F)F)cc1. The van der Waals surface area contributed by atoms with Gasteiger partial charge in [0, 0.05) is 22.3 Å². The smallest absolute Gasteiger partial charge is 0.387 e. The van der Waals surface area contributed by atoms with Crippen molar-refractivity contribution < 1.29 is 17.9 Å². The Bertz CT molecular complexity index is 575. The van der Waals surface area contributed by atoms with Gasteiger partial charge in [-0.1, -0.05) is 22.0 Å². The van der Waals surface area contributed by atoms with E-state index in [4.69, 9.17) is 0 Å². The van der Waals surface area contributed by atoms with Gasteiger partial charge < -0.3 is 10.1 Å². The fourth-order valence-electron chi connectivity index (χ4n) is 1.62. The summed E-state index contributed by atoms with van der Waals surface area (Å²) in [6.07, 6.45) is 0. The molecular formula is C14H11BrF3NO. The Balaban J connectivity index is 1.96. The Morgan fingerprint density at radius 1 is 1.10 bits per heavy atom. The number of alkyl halides is 2. The number of hydrogen-bond acceptors (Lipinski definition) is 2. The average molecular weight is 346 g/mol. The van der Waals surface area contributed by atoms with E-state index < -0.39 is 6.61 Å². The van der Waals surface area contributed by atoms with Crippen molar-refractivity contribution in [1.29, 1.82) is 0 Å². The highest BCUT2D eigenvalue weighted by molar-refractivity contribution is 9.10. The highest BCUT2D eigenvalue weighted by Gasteiger charge is 2.05. The minimum Gasteiger partial charge on any atom is -0.435 e. The Morgan fingerprint density at radius 2 is 1.80 bits per heavy atom. The monoisotopic (exact) mass is 345 g/mol. The number of halogens is 4. The molecule has 0 bridgehead atoms. The molecule has 0 radical (unpaired) electrons. The van der Waals surface area contributed by atoms with Crippen LogP contribution in [0.1, 0.15) is 5.56 Å². The van der Waals surface area contributed by atoms with Gasteiger partial charge >= 0.3 is 6.61 Å². The number of nitrogens with one attached hydrogen (secondary N) is 1. The molecule has 6 heteroatoms. The normalized spacial score (nSPS) is 10.7. The predicted molar refractivity (Wildman–Crippen MR) is 74.5 cm³/mol. The van der Waals surface area contributed by atoms with E-state index in [9.17, 15) is 13.2 Å². The molecule has 0 fully saturated rings. The van der Waals surface area contributed by atoms with Gasteiger partial charge in [0.05, 0.1) is 0 Å². The quantitative estimate of drug-likeness (QED) is 0.840. The maximum Gasteiger partial charge on any atom is 0.387 e. The van der Waals surface area contributed by atoms with Crippen LogP contribution >= 0.6 is 15.9 Å². The van der Waals surface area contributed by atoms with Gasteiger partial charge in [-0.25, -0.2) is 4.39 Å². The minimum atomic E-state index is -2.84. The predicted octanol–water partition coefficient (Wildman–Crippen LogP) is 4.80. The van der Waals surface area contributed by atoms with Crippen molar-refractivity contribution in [2.24, 2.45) is 0 Å². The Labute approximate surface area is 122 Å². The van der Waals surface area contributed by atoms with Gasteiger partial charge in [-0.3, -0.25) is 0 Å². The van der Waals surface area contributed by atoms with Crippen molar-refractivity contribution in [2.45, 2.75) is 13.2 Å². The number of rotatable bonds is 5. The molecule has 0 saturated carbocycles. The van der Waals surface area contributed by atoms with Gasteiger partial charge in [0.25, 0.3) is 0 Å². The van der Waals surface area contributed by atoms with Crippen molar-refractivity contribution in [3.63, 3.8) is 0 Å². The van der Waals surface area contributed by atoms with Crippen molar-refractivity contribution in [1.82, 2.24) is 0 Å². The number of anilines is 1. The zero-order valence-electron chi connectivity index (χ0n) is 10.2. The molecule has 2 aromatic carbocycles. The van der Waals surface area contributed by atoms with Crippen LogP contribution < -0.4 is 10.1 Å². The second kappa shape index (κ2) is 6.65.